The van der Waals surface area contributed by atoms with Gasteiger partial charge >= 0.3 is 0 Å². The van der Waals surface area contributed by atoms with Gasteiger partial charge in [0, 0.05) is 31.1 Å². The molecule has 0 aliphatic heterocycles. The topological polar surface area (TPSA) is 62.2 Å². The lowest BCUT2D eigenvalue weighted by molar-refractivity contribution is 0.0927. The van der Waals surface area contributed by atoms with Gasteiger partial charge in [0.05, 0.1) is 0 Å². The van der Waals surface area contributed by atoms with Gasteiger partial charge in [-0.1, -0.05) is 20.8 Å². The predicted octanol–water partition coefficient (Wildman–Crippen LogP) is 1.78. The van der Waals surface area contributed by atoms with E-state index in [1.807, 2.05) is 20.8 Å². The van der Waals surface area contributed by atoms with Gasteiger partial charge in [0.2, 0.25) is 0 Å². The van der Waals surface area contributed by atoms with E-state index in [9.17, 15) is 4.79 Å². The number of carbonyl (C=O) groups is 1. The summed E-state index contributed by atoms with van der Waals surface area (Å²) in [7, 11) is 0. The Kier molecular flexibility index (Phi) is 5.28. The van der Waals surface area contributed by atoms with Crippen molar-refractivity contribution in [3.05, 3.63) is 29.6 Å². The van der Waals surface area contributed by atoms with Crippen LogP contribution >= 0.6 is 0 Å². The summed E-state index contributed by atoms with van der Waals surface area (Å²) in [6.07, 6.45) is 4.82. The van der Waals surface area contributed by atoms with E-state index in [1.54, 1.807) is 18.5 Å². The third kappa shape index (κ3) is 4.11. The van der Waals surface area contributed by atoms with Crippen LogP contribution in [0.4, 0.5) is 0 Å². The first-order valence-electron chi connectivity index (χ1n) is 6.32. The molecule has 0 saturated carbocycles. The highest BCUT2D eigenvalue weighted by molar-refractivity contribution is 5.95. The fraction of sp³-hybridized carbons (Fsp3) is 0.571. The average molecular weight is 250 g/mol. The van der Waals surface area contributed by atoms with Crippen molar-refractivity contribution in [2.45, 2.75) is 33.6 Å². The van der Waals surface area contributed by atoms with Crippen molar-refractivity contribution in [3.63, 3.8) is 0 Å². The number of aliphatic hydroxyl groups is 1. The van der Waals surface area contributed by atoms with E-state index in [0.29, 0.717) is 18.5 Å². The summed E-state index contributed by atoms with van der Waals surface area (Å²) in [4.78, 5) is 16.1. The Morgan fingerprint density at radius 3 is 2.83 bits per heavy atom. The molecule has 0 aromatic carbocycles. The Hall–Kier alpha value is -1.42. The van der Waals surface area contributed by atoms with Crippen LogP contribution in [-0.2, 0) is 6.42 Å². The second-order valence-corrected chi connectivity index (χ2v) is 5.21. The predicted molar refractivity (Wildman–Crippen MR) is 71.4 cm³/mol. The number of carbonyl (C=O) groups excluding carboxylic acids is 1. The first kappa shape index (κ1) is 14.6. The summed E-state index contributed by atoms with van der Waals surface area (Å²) in [6, 6.07) is 1.74. The summed E-state index contributed by atoms with van der Waals surface area (Å²) in [5.41, 5.74) is 1.55. The van der Waals surface area contributed by atoms with Crippen LogP contribution in [0.5, 0.6) is 0 Å². The molecule has 0 bridgehead atoms. The van der Waals surface area contributed by atoms with Crippen LogP contribution < -0.4 is 5.32 Å². The molecule has 4 nitrogen and oxygen atoms in total. The minimum absolute atomic E-state index is 0.0692. The third-order valence-corrected chi connectivity index (χ3v) is 3.05. The normalized spacial score (nSPS) is 11.3. The van der Waals surface area contributed by atoms with Crippen LogP contribution in [0, 0.1) is 5.41 Å². The number of nitrogens with one attached hydrogen (secondary N) is 1. The second-order valence-electron chi connectivity index (χ2n) is 5.21. The first-order valence-corrected chi connectivity index (χ1v) is 6.32. The quantitative estimate of drug-likeness (QED) is 0.809. The van der Waals surface area contributed by atoms with Crippen molar-refractivity contribution < 1.29 is 9.90 Å². The van der Waals surface area contributed by atoms with Crippen LogP contribution in [0.1, 0.15) is 43.1 Å². The van der Waals surface area contributed by atoms with Gasteiger partial charge in [-0.15, -0.1) is 0 Å². The van der Waals surface area contributed by atoms with E-state index in [0.717, 1.165) is 12.0 Å². The number of amides is 1. The molecule has 100 valence electrons. The van der Waals surface area contributed by atoms with Gasteiger partial charge in [-0.25, -0.2) is 0 Å². The molecule has 1 amide bonds. The summed E-state index contributed by atoms with van der Waals surface area (Å²) in [6.45, 7) is 6.74. The molecular weight excluding hydrogens is 228 g/mol. The molecule has 0 atom stereocenters. The standard InChI is InChI=1S/C14H22N2O2/c1-4-11-9-15-7-5-12(11)13(18)16-10-14(2,3)6-8-17/h5,7,9,17H,4,6,8,10H2,1-3H3,(H,16,18). The molecule has 0 radical (unpaired) electrons. The fourth-order valence-electron chi connectivity index (χ4n) is 1.74. The van der Waals surface area contributed by atoms with Gasteiger partial charge < -0.3 is 10.4 Å². The molecule has 4 heteroatoms. The molecule has 1 aromatic heterocycles. The summed E-state index contributed by atoms with van der Waals surface area (Å²) >= 11 is 0. The highest BCUT2D eigenvalue weighted by atomic mass is 16.3. The average Bonchev–Trinajstić information content (AvgIpc) is 2.36. The number of rotatable bonds is 6. The van der Waals surface area contributed by atoms with Crippen molar-refractivity contribution >= 4 is 5.91 Å². The maximum absolute atomic E-state index is 12.1. The first-order chi connectivity index (χ1) is 8.50. The van der Waals surface area contributed by atoms with Crippen LogP contribution in [0.2, 0.25) is 0 Å². The molecule has 0 unspecified atom stereocenters. The highest BCUT2D eigenvalue weighted by Gasteiger charge is 2.19. The Balaban J connectivity index is 2.66. The zero-order valence-electron chi connectivity index (χ0n) is 11.4. The van der Waals surface area contributed by atoms with Crippen LogP contribution in [0.15, 0.2) is 18.5 Å². The Morgan fingerprint density at radius 2 is 2.22 bits per heavy atom. The molecule has 1 aromatic rings. The van der Waals surface area contributed by atoms with Gasteiger partial charge in [0.1, 0.15) is 0 Å². The SMILES string of the molecule is CCc1cnccc1C(=O)NCC(C)(C)CCO. The molecule has 18 heavy (non-hydrogen) atoms. The largest absolute Gasteiger partial charge is 0.396 e. The molecule has 0 fully saturated rings. The number of pyridine rings is 1. The summed E-state index contributed by atoms with van der Waals surface area (Å²) < 4.78 is 0. The minimum Gasteiger partial charge on any atom is -0.396 e. The van der Waals surface area contributed by atoms with Crippen molar-refractivity contribution in [1.29, 1.82) is 0 Å². The van der Waals surface area contributed by atoms with Crippen molar-refractivity contribution in [1.82, 2.24) is 10.3 Å². The van der Waals surface area contributed by atoms with Crippen molar-refractivity contribution in [3.8, 4) is 0 Å². The molecule has 0 aliphatic carbocycles. The fourth-order valence-corrected chi connectivity index (χ4v) is 1.74. The zero-order chi connectivity index (χ0) is 13.6. The monoisotopic (exact) mass is 250 g/mol. The molecule has 0 aliphatic rings. The molecule has 2 N–H and O–H groups in total. The van der Waals surface area contributed by atoms with E-state index in [2.05, 4.69) is 10.3 Å². The van der Waals surface area contributed by atoms with Crippen LogP contribution in [-0.4, -0.2) is 29.1 Å². The maximum Gasteiger partial charge on any atom is 0.251 e. The van der Waals surface area contributed by atoms with Crippen molar-refractivity contribution in [2.24, 2.45) is 5.41 Å². The van der Waals surface area contributed by atoms with Gasteiger partial charge in [0.15, 0.2) is 0 Å². The van der Waals surface area contributed by atoms with Crippen molar-refractivity contribution in [2.75, 3.05) is 13.2 Å². The van der Waals surface area contributed by atoms with Gasteiger partial charge in [0.25, 0.3) is 5.91 Å². The minimum atomic E-state index is -0.0934. The molecule has 1 heterocycles. The van der Waals surface area contributed by atoms with Gasteiger partial charge in [-0.05, 0) is 29.9 Å². The number of aromatic nitrogens is 1. The van der Waals surface area contributed by atoms with E-state index < -0.39 is 0 Å². The van der Waals surface area contributed by atoms with E-state index in [-0.39, 0.29) is 17.9 Å². The Bertz CT molecular complexity index is 403. The number of aliphatic hydroxyl groups excluding tert-OH is 1. The lowest BCUT2D eigenvalue weighted by atomic mass is 9.89. The summed E-state index contributed by atoms with van der Waals surface area (Å²) in [5, 5.41) is 11.9. The van der Waals surface area contributed by atoms with E-state index in [1.165, 1.54) is 0 Å². The molecular formula is C14H22N2O2. The lowest BCUT2D eigenvalue weighted by Gasteiger charge is -2.24. The third-order valence-electron chi connectivity index (χ3n) is 3.05. The molecule has 0 saturated heterocycles. The van der Waals surface area contributed by atoms with Crippen LogP contribution in [0.3, 0.4) is 0 Å². The van der Waals surface area contributed by atoms with Gasteiger partial charge in [-0.2, -0.15) is 0 Å². The summed E-state index contributed by atoms with van der Waals surface area (Å²) in [5.74, 6) is -0.0692. The molecule has 0 spiro atoms. The van der Waals surface area contributed by atoms with E-state index >= 15 is 0 Å². The number of aryl methyl sites for hydroxylation is 1. The highest BCUT2D eigenvalue weighted by Crippen LogP contribution is 2.18. The second kappa shape index (κ2) is 6.50. The number of hydrogen-bond donors (Lipinski definition) is 2. The molecule has 1 rings (SSSR count). The lowest BCUT2D eigenvalue weighted by Crippen LogP contribution is -2.35. The maximum atomic E-state index is 12.1. The van der Waals surface area contributed by atoms with E-state index in [4.69, 9.17) is 5.11 Å². The Labute approximate surface area is 108 Å². The number of nitrogens with zero attached hydrogens (tertiary/aromatic N) is 1. The Morgan fingerprint density at radius 1 is 1.50 bits per heavy atom. The smallest absolute Gasteiger partial charge is 0.251 e. The van der Waals surface area contributed by atoms with Crippen LogP contribution in [0.25, 0.3) is 0 Å². The number of hydrogen-bond acceptors (Lipinski definition) is 3. The van der Waals surface area contributed by atoms with Gasteiger partial charge in [-0.3, -0.25) is 9.78 Å². The zero-order valence-corrected chi connectivity index (χ0v) is 11.4.